The molecule has 0 spiro atoms. The van der Waals surface area contributed by atoms with Gasteiger partial charge in [0.05, 0.1) is 7.11 Å². The molecule has 1 heterocycles. The van der Waals surface area contributed by atoms with Crippen molar-refractivity contribution >= 4 is 17.0 Å². The van der Waals surface area contributed by atoms with Crippen LogP contribution in [0.5, 0.6) is 0 Å². The van der Waals surface area contributed by atoms with Gasteiger partial charge in [0.15, 0.2) is 0 Å². The molecule has 2 rings (SSSR count). The predicted molar refractivity (Wildman–Crippen MR) is 62.4 cm³/mol. The number of carbonyl (C=O) groups excluding carboxylic acids is 1. The lowest BCUT2D eigenvalue weighted by Crippen LogP contribution is -2.25. The molecule has 0 bridgehead atoms. The molecule has 0 aliphatic heterocycles. The Balaban J connectivity index is 2.06. The first-order valence-corrected chi connectivity index (χ1v) is 5.28. The van der Waals surface area contributed by atoms with Crippen LogP contribution in [0.2, 0.25) is 0 Å². The lowest BCUT2D eigenvalue weighted by molar-refractivity contribution is 0.171. The molecule has 5 heteroatoms. The maximum Gasteiger partial charge on any atom is 0.406 e. The van der Waals surface area contributed by atoms with Crippen molar-refractivity contribution in [2.45, 2.75) is 6.42 Å². The summed E-state index contributed by atoms with van der Waals surface area (Å²) < 4.78 is 17.4. The van der Waals surface area contributed by atoms with Crippen molar-refractivity contribution in [3.63, 3.8) is 0 Å². The van der Waals surface area contributed by atoms with Crippen LogP contribution < -0.4 is 5.32 Å². The molecule has 0 fully saturated rings. The number of ether oxygens (including phenoxy) is 1. The molecular formula is C12H13FN2O2. The highest BCUT2D eigenvalue weighted by Gasteiger charge is 2.05. The fraction of sp³-hybridized carbons (Fsp3) is 0.250. The van der Waals surface area contributed by atoms with Crippen LogP contribution in [-0.4, -0.2) is 24.7 Å². The van der Waals surface area contributed by atoms with Crippen LogP contribution in [0, 0.1) is 5.82 Å². The minimum Gasteiger partial charge on any atom is -0.453 e. The Bertz CT molecular complexity index is 536. The first-order chi connectivity index (χ1) is 8.20. The van der Waals surface area contributed by atoms with E-state index in [1.54, 1.807) is 6.07 Å². The topological polar surface area (TPSA) is 54.1 Å². The molecule has 1 aromatic carbocycles. The first-order valence-electron chi connectivity index (χ1n) is 5.28. The highest BCUT2D eigenvalue weighted by molar-refractivity contribution is 5.83. The third kappa shape index (κ3) is 2.55. The van der Waals surface area contributed by atoms with E-state index in [1.807, 2.05) is 6.20 Å². The van der Waals surface area contributed by atoms with E-state index in [9.17, 15) is 9.18 Å². The van der Waals surface area contributed by atoms with Crippen LogP contribution in [0.3, 0.4) is 0 Å². The largest absolute Gasteiger partial charge is 0.453 e. The number of nitrogens with one attached hydrogen (secondary N) is 2. The highest BCUT2D eigenvalue weighted by atomic mass is 19.1. The molecule has 4 nitrogen and oxygen atoms in total. The van der Waals surface area contributed by atoms with E-state index in [0.29, 0.717) is 13.0 Å². The first kappa shape index (κ1) is 11.4. The van der Waals surface area contributed by atoms with Crippen LogP contribution in [0.1, 0.15) is 5.56 Å². The summed E-state index contributed by atoms with van der Waals surface area (Å²) in [5, 5.41) is 3.57. The fourth-order valence-electron chi connectivity index (χ4n) is 1.74. The van der Waals surface area contributed by atoms with Gasteiger partial charge in [0.1, 0.15) is 5.82 Å². The number of halogens is 1. The Kier molecular flexibility index (Phi) is 3.27. The second-order valence-corrected chi connectivity index (χ2v) is 3.67. The molecule has 0 saturated heterocycles. The van der Waals surface area contributed by atoms with Gasteiger partial charge in [-0.3, -0.25) is 0 Å². The number of amides is 1. The van der Waals surface area contributed by atoms with Gasteiger partial charge in [0.2, 0.25) is 0 Å². The Morgan fingerprint density at radius 1 is 1.53 bits per heavy atom. The Morgan fingerprint density at radius 3 is 3.12 bits per heavy atom. The monoisotopic (exact) mass is 236 g/mol. The second-order valence-electron chi connectivity index (χ2n) is 3.67. The zero-order valence-corrected chi connectivity index (χ0v) is 9.42. The van der Waals surface area contributed by atoms with Gasteiger partial charge in [-0.15, -0.1) is 0 Å². The molecule has 90 valence electrons. The van der Waals surface area contributed by atoms with Crippen LogP contribution in [-0.2, 0) is 11.2 Å². The summed E-state index contributed by atoms with van der Waals surface area (Å²) in [5.41, 5.74) is 1.80. The van der Waals surface area contributed by atoms with E-state index < -0.39 is 6.09 Å². The number of benzene rings is 1. The quantitative estimate of drug-likeness (QED) is 0.858. The lowest BCUT2D eigenvalue weighted by Gasteiger charge is -2.02. The van der Waals surface area contributed by atoms with Gasteiger partial charge in [0.25, 0.3) is 0 Å². The van der Waals surface area contributed by atoms with Gasteiger partial charge in [-0.05, 0) is 30.2 Å². The van der Waals surface area contributed by atoms with Crippen molar-refractivity contribution in [2.24, 2.45) is 0 Å². The molecule has 0 aliphatic carbocycles. The summed E-state index contributed by atoms with van der Waals surface area (Å²) in [4.78, 5) is 13.9. The summed E-state index contributed by atoms with van der Waals surface area (Å²) in [7, 11) is 1.32. The standard InChI is InChI=1S/C12H13FN2O2/c1-17-12(16)14-5-4-8-7-15-11-6-9(13)2-3-10(8)11/h2-3,6-7,15H,4-5H2,1H3,(H,14,16). The molecule has 0 radical (unpaired) electrons. The van der Waals surface area contributed by atoms with Crippen molar-refractivity contribution in [2.75, 3.05) is 13.7 Å². The van der Waals surface area contributed by atoms with Crippen LogP contribution in [0.25, 0.3) is 10.9 Å². The number of hydrogen-bond donors (Lipinski definition) is 2. The molecule has 0 aliphatic rings. The zero-order valence-electron chi connectivity index (χ0n) is 9.42. The minimum absolute atomic E-state index is 0.265. The smallest absolute Gasteiger partial charge is 0.406 e. The molecule has 0 unspecified atom stereocenters. The Morgan fingerprint density at radius 2 is 2.35 bits per heavy atom. The highest BCUT2D eigenvalue weighted by Crippen LogP contribution is 2.19. The molecule has 2 aromatic rings. The molecule has 0 saturated carbocycles. The maximum atomic E-state index is 13.0. The summed E-state index contributed by atoms with van der Waals surface area (Å²) in [5.74, 6) is -0.265. The normalized spacial score (nSPS) is 10.5. The van der Waals surface area contributed by atoms with Crippen molar-refractivity contribution in [1.29, 1.82) is 0 Å². The van der Waals surface area contributed by atoms with Crippen LogP contribution >= 0.6 is 0 Å². The third-order valence-electron chi connectivity index (χ3n) is 2.58. The van der Waals surface area contributed by atoms with Gasteiger partial charge in [0, 0.05) is 23.6 Å². The fourth-order valence-corrected chi connectivity index (χ4v) is 1.74. The average Bonchev–Trinajstić information content (AvgIpc) is 2.71. The number of aromatic amines is 1. The average molecular weight is 236 g/mol. The van der Waals surface area contributed by atoms with Crippen molar-refractivity contribution in [3.05, 3.63) is 35.8 Å². The third-order valence-corrected chi connectivity index (χ3v) is 2.58. The van der Waals surface area contributed by atoms with E-state index in [2.05, 4.69) is 15.0 Å². The number of methoxy groups -OCH3 is 1. The van der Waals surface area contributed by atoms with Gasteiger partial charge in [-0.1, -0.05) is 0 Å². The summed E-state index contributed by atoms with van der Waals surface area (Å²) in [6.45, 7) is 0.483. The molecular weight excluding hydrogens is 223 g/mol. The van der Waals surface area contributed by atoms with Gasteiger partial charge in [-0.25, -0.2) is 9.18 Å². The van der Waals surface area contributed by atoms with E-state index in [1.165, 1.54) is 19.2 Å². The van der Waals surface area contributed by atoms with Gasteiger partial charge >= 0.3 is 6.09 Å². The molecule has 0 atom stereocenters. The number of alkyl carbamates (subject to hydrolysis) is 1. The second kappa shape index (κ2) is 4.86. The zero-order chi connectivity index (χ0) is 12.3. The van der Waals surface area contributed by atoms with E-state index >= 15 is 0 Å². The van der Waals surface area contributed by atoms with Crippen molar-refractivity contribution in [3.8, 4) is 0 Å². The van der Waals surface area contributed by atoms with Crippen molar-refractivity contribution < 1.29 is 13.9 Å². The number of H-pyrrole nitrogens is 1. The summed E-state index contributed by atoms with van der Waals surface area (Å²) in [6.07, 6.45) is 2.04. The molecule has 1 aromatic heterocycles. The summed E-state index contributed by atoms with van der Waals surface area (Å²) in [6, 6.07) is 4.61. The maximum absolute atomic E-state index is 13.0. The van der Waals surface area contributed by atoms with E-state index in [0.717, 1.165) is 16.5 Å². The molecule has 2 N–H and O–H groups in total. The Labute approximate surface area is 97.8 Å². The number of rotatable bonds is 3. The number of fused-ring (bicyclic) bond motifs is 1. The van der Waals surface area contributed by atoms with Crippen LogP contribution in [0.4, 0.5) is 9.18 Å². The van der Waals surface area contributed by atoms with E-state index in [-0.39, 0.29) is 5.82 Å². The van der Waals surface area contributed by atoms with Gasteiger partial charge in [-0.2, -0.15) is 0 Å². The van der Waals surface area contributed by atoms with E-state index in [4.69, 9.17) is 0 Å². The van der Waals surface area contributed by atoms with Gasteiger partial charge < -0.3 is 15.0 Å². The number of hydrogen-bond acceptors (Lipinski definition) is 2. The summed E-state index contributed by atoms with van der Waals surface area (Å²) >= 11 is 0. The lowest BCUT2D eigenvalue weighted by atomic mass is 10.1. The minimum atomic E-state index is -0.448. The predicted octanol–water partition coefficient (Wildman–Crippen LogP) is 2.21. The molecule has 1 amide bonds. The number of aromatic nitrogens is 1. The SMILES string of the molecule is COC(=O)NCCc1c[nH]c2cc(F)ccc12. The van der Waals surface area contributed by atoms with Crippen molar-refractivity contribution in [1.82, 2.24) is 10.3 Å². The molecule has 17 heavy (non-hydrogen) atoms. The van der Waals surface area contributed by atoms with Crippen LogP contribution in [0.15, 0.2) is 24.4 Å². The Hall–Kier alpha value is -2.04. The number of carbonyl (C=O) groups is 1.